The van der Waals surface area contributed by atoms with Crippen LogP contribution in [-0.2, 0) is 6.42 Å². The van der Waals surface area contributed by atoms with Crippen LogP contribution in [0, 0.1) is 5.41 Å². The van der Waals surface area contributed by atoms with Crippen LogP contribution < -0.4 is 5.73 Å². The number of halogens is 1. The molecule has 2 N–H and O–H groups in total. The van der Waals surface area contributed by atoms with Gasteiger partial charge in [0.1, 0.15) is 0 Å². The molecule has 1 aromatic rings. The summed E-state index contributed by atoms with van der Waals surface area (Å²) in [6.07, 6.45) is 0.972. The third-order valence-electron chi connectivity index (χ3n) is 2.16. The van der Waals surface area contributed by atoms with Gasteiger partial charge in [-0.1, -0.05) is 20.8 Å². The van der Waals surface area contributed by atoms with Crippen molar-refractivity contribution in [3.8, 4) is 0 Å². The predicted octanol–water partition coefficient (Wildman–Crippen LogP) is 3.43. The molecule has 0 saturated heterocycles. The van der Waals surface area contributed by atoms with Gasteiger partial charge in [0.25, 0.3) is 0 Å². The smallest absolute Gasteiger partial charge is 0.0701 e. The second-order valence-electron chi connectivity index (χ2n) is 4.38. The molecule has 13 heavy (non-hydrogen) atoms. The van der Waals surface area contributed by atoms with Crippen LogP contribution in [0.2, 0.25) is 0 Å². The molecule has 74 valence electrons. The SMILES string of the molecule is CC(C)(C)C(N)Cc1ccc(Br)s1. The van der Waals surface area contributed by atoms with E-state index in [0.717, 1.165) is 6.42 Å². The van der Waals surface area contributed by atoms with Crippen molar-refractivity contribution in [2.45, 2.75) is 33.2 Å². The molecule has 0 radical (unpaired) electrons. The van der Waals surface area contributed by atoms with Crippen molar-refractivity contribution in [3.63, 3.8) is 0 Å². The van der Waals surface area contributed by atoms with Gasteiger partial charge in [-0.15, -0.1) is 11.3 Å². The van der Waals surface area contributed by atoms with Crippen molar-refractivity contribution in [3.05, 3.63) is 20.8 Å². The topological polar surface area (TPSA) is 26.0 Å². The van der Waals surface area contributed by atoms with E-state index in [9.17, 15) is 0 Å². The highest BCUT2D eigenvalue weighted by Crippen LogP contribution is 2.26. The van der Waals surface area contributed by atoms with Gasteiger partial charge >= 0.3 is 0 Å². The molecular weight excluding hydrogens is 246 g/mol. The van der Waals surface area contributed by atoms with Gasteiger partial charge in [-0.05, 0) is 39.9 Å². The molecule has 1 rings (SSSR count). The van der Waals surface area contributed by atoms with Gasteiger partial charge in [-0.2, -0.15) is 0 Å². The minimum atomic E-state index is 0.191. The third kappa shape index (κ3) is 3.41. The summed E-state index contributed by atoms with van der Waals surface area (Å²) in [6.45, 7) is 6.54. The lowest BCUT2D eigenvalue weighted by molar-refractivity contribution is 0.320. The Morgan fingerprint density at radius 1 is 1.46 bits per heavy atom. The maximum absolute atomic E-state index is 6.08. The van der Waals surface area contributed by atoms with Gasteiger partial charge in [0.05, 0.1) is 3.79 Å². The predicted molar refractivity (Wildman–Crippen MR) is 63.2 cm³/mol. The van der Waals surface area contributed by atoms with Crippen LogP contribution in [0.25, 0.3) is 0 Å². The minimum absolute atomic E-state index is 0.191. The van der Waals surface area contributed by atoms with Crippen LogP contribution in [0.1, 0.15) is 25.6 Å². The molecule has 1 heterocycles. The molecule has 1 aromatic heterocycles. The summed E-state index contributed by atoms with van der Waals surface area (Å²) in [5.74, 6) is 0. The quantitative estimate of drug-likeness (QED) is 0.868. The molecule has 0 bridgehead atoms. The van der Waals surface area contributed by atoms with Crippen LogP contribution in [0.5, 0.6) is 0 Å². The van der Waals surface area contributed by atoms with E-state index in [1.165, 1.54) is 8.66 Å². The van der Waals surface area contributed by atoms with Gasteiger partial charge in [-0.3, -0.25) is 0 Å². The Balaban J connectivity index is 2.60. The van der Waals surface area contributed by atoms with Crippen LogP contribution in [-0.4, -0.2) is 6.04 Å². The summed E-state index contributed by atoms with van der Waals surface area (Å²) in [5.41, 5.74) is 6.27. The maximum atomic E-state index is 6.08. The van der Waals surface area contributed by atoms with Gasteiger partial charge in [0, 0.05) is 10.9 Å². The molecule has 1 nitrogen and oxygen atoms in total. The maximum Gasteiger partial charge on any atom is 0.0701 e. The lowest BCUT2D eigenvalue weighted by atomic mass is 9.85. The van der Waals surface area contributed by atoms with Gasteiger partial charge in [0.2, 0.25) is 0 Å². The van der Waals surface area contributed by atoms with Crippen molar-refractivity contribution < 1.29 is 0 Å². The Morgan fingerprint density at radius 3 is 2.46 bits per heavy atom. The molecule has 0 aromatic carbocycles. The molecule has 0 aliphatic heterocycles. The van der Waals surface area contributed by atoms with E-state index in [-0.39, 0.29) is 11.5 Å². The van der Waals surface area contributed by atoms with Crippen molar-refractivity contribution in [1.29, 1.82) is 0 Å². The lowest BCUT2D eigenvalue weighted by Crippen LogP contribution is -2.36. The molecule has 0 aliphatic rings. The molecule has 1 unspecified atom stereocenters. The normalized spacial score (nSPS) is 14.5. The molecule has 0 amide bonds. The van der Waals surface area contributed by atoms with E-state index in [1.54, 1.807) is 11.3 Å². The highest BCUT2D eigenvalue weighted by molar-refractivity contribution is 9.11. The van der Waals surface area contributed by atoms with Gasteiger partial charge < -0.3 is 5.73 Å². The van der Waals surface area contributed by atoms with Crippen molar-refractivity contribution in [1.82, 2.24) is 0 Å². The van der Waals surface area contributed by atoms with E-state index in [1.807, 2.05) is 0 Å². The zero-order chi connectivity index (χ0) is 10.1. The average Bonchev–Trinajstić information content (AvgIpc) is 2.33. The first kappa shape index (κ1) is 11.2. The summed E-state index contributed by atoms with van der Waals surface area (Å²) in [7, 11) is 0. The van der Waals surface area contributed by atoms with Crippen molar-refractivity contribution in [2.24, 2.45) is 11.1 Å². The highest BCUT2D eigenvalue weighted by atomic mass is 79.9. The van der Waals surface area contributed by atoms with E-state index in [4.69, 9.17) is 5.73 Å². The van der Waals surface area contributed by atoms with Crippen LogP contribution in [0.3, 0.4) is 0 Å². The molecule has 0 spiro atoms. The first-order chi connectivity index (χ1) is 5.89. The van der Waals surface area contributed by atoms with Crippen molar-refractivity contribution in [2.75, 3.05) is 0 Å². The summed E-state index contributed by atoms with van der Waals surface area (Å²) in [6, 6.07) is 4.45. The van der Waals surface area contributed by atoms with Crippen LogP contribution >= 0.6 is 27.3 Å². The fourth-order valence-corrected chi connectivity index (χ4v) is 2.53. The van der Waals surface area contributed by atoms with Crippen LogP contribution in [0.15, 0.2) is 15.9 Å². The number of thiophene rings is 1. The molecule has 3 heteroatoms. The molecular formula is C10H16BrNS. The Morgan fingerprint density at radius 2 is 2.08 bits per heavy atom. The van der Waals surface area contributed by atoms with Gasteiger partial charge in [0.15, 0.2) is 0 Å². The Bertz CT molecular complexity index is 275. The Labute approximate surface area is 92.5 Å². The van der Waals surface area contributed by atoms with E-state index >= 15 is 0 Å². The standard InChI is InChI=1S/C10H16BrNS/c1-10(2,3)8(12)6-7-4-5-9(11)13-7/h4-5,8H,6,12H2,1-3H3. The van der Waals surface area contributed by atoms with Crippen molar-refractivity contribution >= 4 is 27.3 Å². The Hall–Kier alpha value is 0.140. The molecule has 1 atom stereocenters. The van der Waals surface area contributed by atoms with Crippen LogP contribution in [0.4, 0.5) is 0 Å². The number of nitrogens with two attached hydrogens (primary N) is 1. The fourth-order valence-electron chi connectivity index (χ4n) is 0.984. The summed E-state index contributed by atoms with van der Waals surface area (Å²) < 4.78 is 1.18. The largest absolute Gasteiger partial charge is 0.327 e. The fraction of sp³-hybridized carbons (Fsp3) is 0.600. The first-order valence-corrected chi connectivity index (χ1v) is 6.00. The number of hydrogen-bond acceptors (Lipinski definition) is 2. The van der Waals surface area contributed by atoms with Gasteiger partial charge in [-0.25, -0.2) is 0 Å². The second kappa shape index (κ2) is 4.11. The molecule has 0 saturated carbocycles. The summed E-state index contributed by atoms with van der Waals surface area (Å²) in [5, 5.41) is 0. The third-order valence-corrected chi connectivity index (χ3v) is 3.81. The molecule has 0 aliphatic carbocycles. The van der Waals surface area contributed by atoms with E-state index in [2.05, 4.69) is 48.8 Å². The second-order valence-corrected chi connectivity index (χ2v) is 6.93. The Kier molecular flexibility index (Phi) is 3.55. The minimum Gasteiger partial charge on any atom is -0.327 e. The van der Waals surface area contributed by atoms with E-state index in [0.29, 0.717) is 0 Å². The van der Waals surface area contributed by atoms with E-state index < -0.39 is 0 Å². The zero-order valence-electron chi connectivity index (χ0n) is 8.30. The molecule has 0 fully saturated rings. The summed E-state index contributed by atoms with van der Waals surface area (Å²) in [4.78, 5) is 1.36. The highest BCUT2D eigenvalue weighted by Gasteiger charge is 2.21. The zero-order valence-corrected chi connectivity index (χ0v) is 10.7. The summed E-state index contributed by atoms with van der Waals surface area (Å²) >= 11 is 5.22. The first-order valence-electron chi connectivity index (χ1n) is 4.39. The average molecular weight is 262 g/mol. The lowest BCUT2D eigenvalue weighted by Gasteiger charge is -2.26. The number of hydrogen-bond donors (Lipinski definition) is 1. The number of rotatable bonds is 2. The monoisotopic (exact) mass is 261 g/mol.